The number of benzene rings is 3. The van der Waals surface area contributed by atoms with Gasteiger partial charge >= 0.3 is 0 Å². The Morgan fingerprint density at radius 3 is 2.50 bits per heavy atom. The van der Waals surface area contributed by atoms with Gasteiger partial charge in [0.05, 0.1) is 10.7 Å². The maximum atomic E-state index is 14.7. The van der Waals surface area contributed by atoms with E-state index < -0.39 is 28.7 Å². The standard InChI is InChI=1S/C26H19Cl2FN4O2S/c1-32-13-18(14-6-8-15(27)9-7-14)25(26(32)17-4-2-3-5-21(17)30-22(26)34)23(35)33(24(36)31-25)16-10-11-20(29)19(28)12-16/h2-12,18H,13H2,1H3,(H,30,34)(H,31,36)/t18?,25-,26+/m0/s1. The van der Waals surface area contributed by atoms with Crippen molar-refractivity contribution in [3.8, 4) is 0 Å². The largest absolute Gasteiger partial charge is 0.345 e. The zero-order chi connectivity index (χ0) is 25.4. The lowest BCUT2D eigenvalue weighted by Gasteiger charge is -2.42. The minimum atomic E-state index is -1.51. The fourth-order valence-electron chi connectivity index (χ4n) is 6.05. The highest BCUT2D eigenvalue weighted by Gasteiger charge is 2.77. The first-order valence-corrected chi connectivity index (χ1v) is 12.4. The Hall–Kier alpha value is -3.04. The quantitative estimate of drug-likeness (QED) is 0.462. The zero-order valence-corrected chi connectivity index (χ0v) is 21.2. The molecule has 2 spiro atoms. The number of nitrogens with one attached hydrogen (secondary N) is 2. The van der Waals surface area contributed by atoms with Crippen LogP contribution >= 0.6 is 35.4 Å². The summed E-state index contributed by atoms with van der Waals surface area (Å²) in [6.07, 6.45) is 0. The SMILES string of the molecule is CN1CC(c2ccc(Cl)cc2)[C@@]2(NC(=S)N(c3ccc(F)c(Cl)c3)C2=O)[C@@]12C(=O)Nc1ccccc12. The average molecular weight is 541 g/mol. The molecule has 2 N–H and O–H groups in total. The number of thiocarbonyl (C=S) groups is 1. The lowest BCUT2D eigenvalue weighted by molar-refractivity contribution is -0.137. The van der Waals surface area contributed by atoms with Crippen LogP contribution in [0.25, 0.3) is 0 Å². The number of hydrogen-bond acceptors (Lipinski definition) is 4. The Morgan fingerprint density at radius 2 is 1.78 bits per heavy atom. The number of carbonyl (C=O) groups excluding carboxylic acids is 2. The second-order valence-electron chi connectivity index (χ2n) is 9.17. The normalized spacial score (nSPS) is 27.2. The van der Waals surface area contributed by atoms with E-state index in [0.29, 0.717) is 28.5 Å². The third-order valence-corrected chi connectivity index (χ3v) is 8.32. The van der Waals surface area contributed by atoms with E-state index in [2.05, 4.69) is 10.6 Å². The molecule has 6 nitrogen and oxygen atoms in total. The van der Waals surface area contributed by atoms with Gasteiger partial charge in [0.15, 0.2) is 16.2 Å². The van der Waals surface area contributed by atoms with Crippen molar-refractivity contribution in [3.63, 3.8) is 0 Å². The van der Waals surface area contributed by atoms with Gasteiger partial charge in [-0.2, -0.15) is 0 Å². The molecule has 3 aromatic rings. The fraction of sp³-hybridized carbons (Fsp3) is 0.192. The van der Waals surface area contributed by atoms with Crippen LogP contribution in [0, 0.1) is 5.82 Å². The highest BCUT2D eigenvalue weighted by Crippen LogP contribution is 2.59. The Morgan fingerprint density at radius 1 is 1.06 bits per heavy atom. The molecule has 6 rings (SSSR count). The Kier molecular flexibility index (Phi) is 5.18. The first kappa shape index (κ1) is 23.4. The number of amides is 2. The van der Waals surface area contributed by atoms with Crippen LogP contribution in [-0.2, 0) is 15.1 Å². The van der Waals surface area contributed by atoms with Crippen molar-refractivity contribution in [2.75, 3.05) is 23.8 Å². The van der Waals surface area contributed by atoms with Crippen molar-refractivity contribution in [2.45, 2.75) is 17.0 Å². The van der Waals surface area contributed by atoms with E-state index in [1.54, 1.807) is 12.1 Å². The van der Waals surface area contributed by atoms with E-state index in [1.807, 2.05) is 48.3 Å². The van der Waals surface area contributed by atoms with Gasteiger partial charge in [0.1, 0.15) is 5.82 Å². The number of anilines is 2. The Labute approximate surface area is 222 Å². The summed E-state index contributed by atoms with van der Waals surface area (Å²) in [6.45, 7) is 0.378. The van der Waals surface area contributed by atoms with Crippen LogP contribution in [0.2, 0.25) is 10.0 Å². The topological polar surface area (TPSA) is 64.7 Å². The zero-order valence-electron chi connectivity index (χ0n) is 18.9. The lowest BCUT2D eigenvalue weighted by atomic mass is 9.67. The number of carbonyl (C=O) groups is 2. The summed E-state index contributed by atoms with van der Waals surface area (Å²) in [5, 5.41) is 6.79. The van der Waals surface area contributed by atoms with Gasteiger partial charge in [-0.15, -0.1) is 0 Å². The molecule has 0 radical (unpaired) electrons. The predicted octanol–water partition coefficient (Wildman–Crippen LogP) is 4.67. The fourth-order valence-corrected chi connectivity index (χ4v) is 6.70. The van der Waals surface area contributed by atoms with Crippen molar-refractivity contribution in [2.24, 2.45) is 0 Å². The van der Waals surface area contributed by atoms with Gasteiger partial charge in [0, 0.05) is 28.7 Å². The molecule has 1 unspecified atom stereocenters. The predicted molar refractivity (Wildman–Crippen MR) is 141 cm³/mol. The summed E-state index contributed by atoms with van der Waals surface area (Å²) in [6, 6.07) is 18.5. The van der Waals surface area contributed by atoms with Crippen molar-refractivity contribution in [1.29, 1.82) is 0 Å². The van der Waals surface area contributed by atoms with Gasteiger partial charge in [-0.1, -0.05) is 53.5 Å². The number of nitrogens with zero attached hydrogens (tertiary/aromatic N) is 2. The van der Waals surface area contributed by atoms with Gasteiger partial charge in [0.25, 0.3) is 11.8 Å². The molecular weight excluding hydrogens is 522 g/mol. The second kappa shape index (κ2) is 7.98. The molecule has 3 atom stereocenters. The van der Waals surface area contributed by atoms with Gasteiger partial charge in [-0.3, -0.25) is 19.4 Å². The van der Waals surface area contributed by atoms with E-state index in [0.717, 1.165) is 5.56 Å². The van der Waals surface area contributed by atoms with E-state index in [-0.39, 0.29) is 16.0 Å². The summed E-state index contributed by atoms with van der Waals surface area (Å²) in [7, 11) is 1.83. The third-order valence-electron chi connectivity index (χ3n) is 7.50. The molecule has 0 saturated carbocycles. The summed E-state index contributed by atoms with van der Waals surface area (Å²) in [4.78, 5) is 31.8. The van der Waals surface area contributed by atoms with Crippen molar-refractivity contribution in [3.05, 3.63) is 93.7 Å². The molecule has 3 heterocycles. The molecule has 3 aromatic carbocycles. The van der Waals surface area contributed by atoms with Gasteiger partial charge in [-0.25, -0.2) is 4.39 Å². The second-order valence-corrected chi connectivity index (χ2v) is 10.4. The summed E-state index contributed by atoms with van der Waals surface area (Å²) >= 11 is 17.9. The Balaban J connectivity index is 1.62. The summed E-state index contributed by atoms with van der Waals surface area (Å²) < 4.78 is 13.9. The Bertz CT molecular complexity index is 1470. The number of fused-ring (bicyclic) bond motifs is 3. The van der Waals surface area contributed by atoms with Gasteiger partial charge < -0.3 is 10.6 Å². The monoisotopic (exact) mass is 540 g/mol. The average Bonchev–Trinajstić information content (AvgIpc) is 3.40. The maximum Gasteiger partial charge on any atom is 0.262 e. The lowest BCUT2D eigenvalue weighted by Crippen LogP contribution is -2.68. The highest BCUT2D eigenvalue weighted by atomic mass is 35.5. The number of hydrogen-bond donors (Lipinski definition) is 2. The first-order chi connectivity index (χ1) is 17.2. The van der Waals surface area contributed by atoms with Crippen LogP contribution < -0.4 is 15.5 Å². The van der Waals surface area contributed by atoms with Crippen LogP contribution in [-0.4, -0.2) is 41.0 Å². The van der Waals surface area contributed by atoms with Gasteiger partial charge in [-0.05, 0) is 61.2 Å². The molecule has 0 aromatic heterocycles. The van der Waals surface area contributed by atoms with Crippen molar-refractivity contribution in [1.82, 2.24) is 10.2 Å². The molecule has 182 valence electrons. The summed E-state index contributed by atoms with van der Waals surface area (Å²) in [5.41, 5.74) is -0.474. The third kappa shape index (κ3) is 2.84. The van der Waals surface area contributed by atoms with Crippen molar-refractivity contribution >= 4 is 63.7 Å². The number of halogens is 3. The minimum absolute atomic E-state index is 0.105. The van der Waals surface area contributed by atoms with Crippen LogP contribution in [0.3, 0.4) is 0 Å². The minimum Gasteiger partial charge on any atom is -0.345 e. The number of likely N-dealkylation sites (N-methyl/N-ethyl adjacent to an activating group) is 1. The van der Waals surface area contributed by atoms with Crippen LogP contribution in [0.4, 0.5) is 15.8 Å². The number of likely N-dealkylation sites (tertiary alicyclic amines) is 1. The van der Waals surface area contributed by atoms with E-state index in [1.165, 1.54) is 23.1 Å². The van der Waals surface area contributed by atoms with Crippen LogP contribution in [0.15, 0.2) is 66.7 Å². The smallest absolute Gasteiger partial charge is 0.262 e. The molecule has 3 aliphatic rings. The molecule has 36 heavy (non-hydrogen) atoms. The number of para-hydroxylation sites is 1. The van der Waals surface area contributed by atoms with Crippen LogP contribution in [0.5, 0.6) is 0 Å². The molecule has 2 fully saturated rings. The molecule has 2 saturated heterocycles. The molecule has 3 aliphatic heterocycles. The molecule has 2 amide bonds. The van der Waals surface area contributed by atoms with E-state index in [4.69, 9.17) is 35.4 Å². The van der Waals surface area contributed by atoms with E-state index >= 15 is 0 Å². The summed E-state index contributed by atoms with van der Waals surface area (Å²) in [5.74, 6) is -1.85. The maximum absolute atomic E-state index is 14.7. The molecule has 10 heteroatoms. The van der Waals surface area contributed by atoms with E-state index in [9.17, 15) is 14.0 Å². The van der Waals surface area contributed by atoms with Gasteiger partial charge in [0.2, 0.25) is 0 Å². The molecule has 0 aliphatic carbocycles. The first-order valence-electron chi connectivity index (χ1n) is 11.2. The molecular formula is C26H19Cl2FN4O2S. The molecule has 0 bridgehead atoms. The van der Waals surface area contributed by atoms with Crippen LogP contribution in [0.1, 0.15) is 17.0 Å². The number of rotatable bonds is 2. The van der Waals surface area contributed by atoms with Crippen molar-refractivity contribution < 1.29 is 14.0 Å². The highest BCUT2D eigenvalue weighted by molar-refractivity contribution is 7.80.